The van der Waals surface area contributed by atoms with Gasteiger partial charge in [0.05, 0.1) is 26.0 Å². The summed E-state index contributed by atoms with van der Waals surface area (Å²) in [6.07, 6.45) is 1.67. The predicted octanol–water partition coefficient (Wildman–Crippen LogP) is 3.69. The third-order valence-corrected chi connectivity index (χ3v) is 3.27. The molecule has 0 fully saturated rings. The molecular weight excluding hydrogens is 417 g/mol. The Morgan fingerprint density at radius 3 is 2.46 bits per heavy atom. The van der Waals surface area contributed by atoms with Gasteiger partial charge in [0.2, 0.25) is 0 Å². The molecule has 0 aliphatic carbocycles. The molecule has 132 valence electrons. The number of guanidine groups is 1. The van der Waals surface area contributed by atoms with Crippen LogP contribution in [-0.4, -0.2) is 19.1 Å². The quantitative estimate of drug-likeness (QED) is 0.371. The normalized spacial score (nSPS) is 11.0. The van der Waals surface area contributed by atoms with E-state index in [2.05, 4.69) is 39.9 Å². The van der Waals surface area contributed by atoms with E-state index in [1.807, 2.05) is 26.0 Å². The molecule has 2 aromatic rings. The number of rotatable bonds is 8. The van der Waals surface area contributed by atoms with E-state index in [0.717, 1.165) is 24.9 Å². The molecule has 0 radical (unpaired) electrons. The fourth-order valence-corrected chi connectivity index (χ4v) is 2.06. The van der Waals surface area contributed by atoms with Crippen molar-refractivity contribution >= 4 is 29.9 Å². The Labute approximate surface area is 160 Å². The molecule has 1 heterocycles. The lowest BCUT2D eigenvalue weighted by Crippen LogP contribution is -2.36. The molecule has 0 atom stereocenters. The lowest BCUT2D eigenvalue weighted by atomic mass is 10.1. The lowest BCUT2D eigenvalue weighted by molar-refractivity contribution is 0.134. The smallest absolute Gasteiger partial charge is 0.191 e. The molecule has 0 aliphatic heterocycles. The minimum atomic E-state index is 0. The molecule has 0 saturated heterocycles. The largest absolute Gasteiger partial charge is 0.467 e. The first-order valence-electron chi connectivity index (χ1n) is 8.02. The maximum atomic E-state index is 5.40. The summed E-state index contributed by atoms with van der Waals surface area (Å²) in [6, 6.07) is 12.2. The van der Waals surface area contributed by atoms with Gasteiger partial charge in [0.15, 0.2) is 5.96 Å². The molecular formula is C18H26IN3O2. The summed E-state index contributed by atoms with van der Waals surface area (Å²) in [5, 5.41) is 6.49. The molecule has 0 spiro atoms. The number of benzene rings is 1. The summed E-state index contributed by atoms with van der Waals surface area (Å²) in [7, 11) is 0. The molecule has 0 bridgehead atoms. The van der Waals surface area contributed by atoms with Crippen LogP contribution in [0.5, 0.6) is 0 Å². The van der Waals surface area contributed by atoms with Crippen molar-refractivity contribution in [3.63, 3.8) is 0 Å². The van der Waals surface area contributed by atoms with Crippen molar-refractivity contribution in [2.75, 3.05) is 13.2 Å². The maximum absolute atomic E-state index is 5.40. The van der Waals surface area contributed by atoms with E-state index in [0.29, 0.717) is 19.7 Å². The van der Waals surface area contributed by atoms with Gasteiger partial charge in [0, 0.05) is 13.2 Å². The molecule has 6 heteroatoms. The zero-order valence-corrected chi connectivity index (χ0v) is 16.6. The van der Waals surface area contributed by atoms with Gasteiger partial charge in [-0.05, 0) is 37.1 Å². The number of ether oxygens (including phenoxy) is 1. The van der Waals surface area contributed by atoms with Gasteiger partial charge in [-0.3, -0.25) is 0 Å². The van der Waals surface area contributed by atoms with Crippen LogP contribution in [0, 0.1) is 0 Å². The van der Waals surface area contributed by atoms with Crippen LogP contribution < -0.4 is 10.6 Å². The van der Waals surface area contributed by atoms with Crippen LogP contribution in [-0.2, 0) is 24.4 Å². The highest BCUT2D eigenvalue weighted by atomic mass is 127. The van der Waals surface area contributed by atoms with E-state index in [4.69, 9.17) is 9.15 Å². The van der Waals surface area contributed by atoms with Gasteiger partial charge in [-0.2, -0.15) is 0 Å². The second kappa shape index (κ2) is 11.9. The van der Waals surface area contributed by atoms with Crippen molar-refractivity contribution in [1.82, 2.24) is 10.6 Å². The van der Waals surface area contributed by atoms with Crippen LogP contribution >= 0.6 is 24.0 Å². The van der Waals surface area contributed by atoms with Crippen LogP contribution in [0.3, 0.4) is 0 Å². The second-order valence-corrected chi connectivity index (χ2v) is 5.08. The Morgan fingerprint density at radius 1 is 1.08 bits per heavy atom. The highest BCUT2D eigenvalue weighted by Crippen LogP contribution is 2.07. The van der Waals surface area contributed by atoms with E-state index in [1.165, 1.54) is 11.1 Å². The number of hydrogen-bond acceptors (Lipinski definition) is 3. The van der Waals surface area contributed by atoms with Crippen molar-refractivity contribution in [3.05, 3.63) is 59.5 Å². The van der Waals surface area contributed by atoms with Crippen LogP contribution in [0.1, 0.15) is 30.7 Å². The number of hydrogen-bond donors (Lipinski definition) is 2. The molecule has 1 aromatic carbocycles. The van der Waals surface area contributed by atoms with Gasteiger partial charge >= 0.3 is 0 Å². The topological polar surface area (TPSA) is 58.8 Å². The van der Waals surface area contributed by atoms with E-state index in [1.54, 1.807) is 6.26 Å². The molecule has 0 saturated carbocycles. The van der Waals surface area contributed by atoms with Gasteiger partial charge in [-0.1, -0.05) is 24.3 Å². The molecule has 0 unspecified atom stereocenters. The van der Waals surface area contributed by atoms with Crippen molar-refractivity contribution in [2.45, 2.75) is 33.5 Å². The van der Waals surface area contributed by atoms with Crippen LogP contribution in [0.2, 0.25) is 0 Å². The van der Waals surface area contributed by atoms with Crippen molar-refractivity contribution in [2.24, 2.45) is 4.99 Å². The highest BCUT2D eigenvalue weighted by molar-refractivity contribution is 14.0. The van der Waals surface area contributed by atoms with E-state index < -0.39 is 0 Å². The van der Waals surface area contributed by atoms with Gasteiger partial charge < -0.3 is 19.8 Å². The summed E-state index contributed by atoms with van der Waals surface area (Å²) in [5.74, 6) is 1.66. The standard InChI is InChI=1S/C18H25N3O2.HI/c1-3-19-18(21-13-17-6-5-11-23-17)20-12-15-7-9-16(10-8-15)14-22-4-2;/h5-11H,3-4,12-14H2,1-2H3,(H2,19,20,21);1H. The van der Waals surface area contributed by atoms with E-state index >= 15 is 0 Å². The average molecular weight is 443 g/mol. The average Bonchev–Trinajstić information content (AvgIpc) is 3.10. The summed E-state index contributed by atoms with van der Waals surface area (Å²) >= 11 is 0. The lowest BCUT2D eigenvalue weighted by Gasteiger charge is -2.10. The summed E-state index contributed by atoms with van der Waals surface area (Å²) < 4.78 is 10.7. The molecule has 0 amide bonds. The Morgan fingerprint density at radius 2 is 1.83 bits per heavy atom. The van der Waals surface area contributed by atoms with Gasteiger partial charge in [0.1, 0.15) is 5.76 Å². The molecule has 0 aliphatic rings. The zero-order valence-electron chi connectivity index (χ0n) is 14.2. The SMILES string of the molecule is CCNC(=NCc1ccc(COCC)cc1)NCc1ccco1.I. The molecule has 1 aromatic heterocycles. The Bertz CT molecular complexity index is 583. The number of halogens is 1. The predicted molar refractivity (Wildman–Crippen MR) is 108 cm³/mol. The van der Waals surface area contributed by atoms with Crippen LogP contribution in [0.4, 0.5) is 0 Å². The second-order valence-electron chi connectivity index (χ2n) is 5.08. The molecule has 2 rings (SSSR count). The molecule has 24 heavy (non-hydrogen) atoms. The fraction of sp³-hybridized carbons (Fsp3) is 0.389. The monoisotopic (exact) mass is 443 g/mol. The third kappa shape index (κ3) is 7.35. The maximum Gasteiger partial charge on any atom is 0.191 e. The first kappa shape index (κ1) is 20.5. The number of furan rings is 1. The van der Waals surface area contributed by atoms with Gasteiger partial charge in [-0.15, -0.1) is 24.0 Å². The van der Waals surface area contributed by atoms with Crippen LogP contribution in [0.15, 0.2) is 52.1 Å². The molecule has 5 nitrogen and oxygen atoms in total. The van der Waals surface area contributed by atoms with Crippen molar-refractivity contribution in [1.29, 1.82) is 0 Å². The fourth-order valence-electron chi connectivity index (χ4n) is 2.06. The minimum absolute atomic E-state index is 0. The highest BCUT2D eigenvalue weighted by Gasteiger charge is 2.00. The van der Waals surface area contributed by atoms with Crippen molar-refractivity contribution < 1.29 is 9.15 Å². The first-order chi connectivity index (χ1) is 11.3. The molecule has 2 N–H and O–H groups in total. The van der Waals surface area contributed by atoms with Gasteiger partial charge in [0.25, 0.3) is 0 Å². The van der Waals surface area contributed by atoms with Gasteiger partial charge in [-0.25, -0.2) is 4.99 Å². The Kier molecular flexibility index (Phi) is 10.2. The zero-order chi connectivity index (χ0) is 16.3. The number of nitrogens with zero attached hydrogens (tertiary/aromatic N) is 1. The number of nitrogens with one attached hydrogen (secondary N) is 2. The Balaban J connectivity index is 0.00000288. The van der Waals surface area contributed by atoms with Crippen molar-refractivity contribution in [3.8, 4) is 0 Å². The first-order valence-corrected chi connectivity index (χ1v) is 8.02. The van der Waals surface area contributed by atoms with E-state index in [9.17, 15) is 0 Å². The Hall–Kier alpha value is -1.54. The third-order valence-electron chi connectivity index (χ3n) is 3.27. The van der Waals surface area contributed by atoms with E-state index in [-0.39, 0.29) is 24.0 Å². The number of aliphatic imine (C=N–C) groups is 1. The minimum Gasteiger partial charge on any atom is -0.467 e. The summed E-state index contributed by atoms with van der Waals surface area (Å²) in [4.78, 5) is 4.60. The van der Waals surface area contributed by atoms with Crippen LogP contribution in [0.25, 0.3) is 0 Å². The summed E-state index contributed by atoms with van der Waals surface area (Å²) in [5.41, 5.74) is 2.35. The summed E-state index contributed by atoms with van der Waals surface area (Å²) in [6.45, 7) is 7.51.